The minimum Gasteiger partial charge on any atom is -0.320 e. The maximum atomic E-state index is 13.3. The van der Waals surface area contributed by atoms with Crippen LogP contribution in [-0.2, 0) is 9.59 Å². The van der Waals surface area contributed by atoms with Gasteiger partial charge in [-0.2, -0.15) is 0 Å². The van der Waals surface area contributed by atoms with Gasteiger partial charge in [0, 0.05) is 25.7 Å². The van der Waals surface area contributed by atoms with Crippen molar-refractivity contribution < 1.29 is 14.4 Å². The first-order chi connectivity index (χ1) is 16.6. The average molecular weight is 598 g/mol. The van der Waals surface area contributed by atoms with Gasteiger partial charge in [0.1, 0.15) is 5.69 Å². The minimum atomic E-state index is -0.901. The van der Waals surface area contributed by atoms with E-state index in [0.717, 1.165) is 25.6 Å². The number of fused-ring (bicyclic) bond motifs is 1. The number of para-hydroxylation sites is 1. The summed E-state index contributed by atoms with van der Waals surface area (Å²) >= 11 is 6.85. The van der Waals surface area contributed by atoms with Gasteiger partial charge in [0.25, 0.3) is 5.91 Å². The van der Waals surface area contributed by atoms with E-state index in [2.05, 4.69) is 47.9 Å². The van der Waals surface area contributed by atoms with Crippen LogP contribution >= 0.6 is 31.9 Å². The van der Waals surface area contributed by atoms with Crippen LogP contribution < -0.4 is 16.1 Å². The number of benzene rings is 3. The topological polar surface area (TPSA) is 92.2 Å². The predicted molar refractivity (Wildman–Crippen MR) is 145 cm³/mol. The number of amides is 3. The van der Waals surface area contributed by atoms with Crippen LogP contribution in [0, 0.1) is 20.8 Å². The number of hydrogen-bond donors (Lipinski definition) is 3. The van der Waals surface area contributed by atoms with Crippen molar-refractivity contribution in [1.29, 1.82) is 0 Å². The molecule has 0 spiro atoms. The highest BCUT2D eigenvalue weighted by atomic mass is 79.9. The number of rotatable bonds is 4. The molecule has 4 aromatic rings. The number of nitrogens with one attached hydrogen (secondary N) is 3. The van der Waals surface area contributed by atoms with Gasteiger partial charge < -0.3 is 10.6 Å². The zero-order chi connectivity index (χ0) is 25.3. The van der Waals surface area contributed by atoms with Gasteiger partial charge in [-0.15, -0.1) is 0 Å². The SMILES string of the molecule is Cc1cc(Br)ccc1NC(=O)c1cc2cc(Br)ccc2n1NC(=O)C(=O)Nc1c(C)cccc1C. The number of halogens is 2. The fourth-order valence-electron chi connectivity index (χ4n) is 3.76. The third-order valence-corrected chi connectivity index (χ3v) is 6.56. The van der Waals surface area contributed by atoms with Gasteiger partial charge in [0.2, 0.25) is 0 Å². The molecule has 9 heteroatoms. The van der Waals surface area contributed by atoms with Crippen LogP contribution in [0.1, 0.15) is 27.2 Å². The van der Waals surface area contributed by atoms with E-state index in [9.17, 15) is 14.4 Å². The van der Waals surface area contributed by atoms with Crippen LogP contribution in [0.15, 0.2) is 69.6 Å². The van der Waals surface area contributed by atoms with Crippen molar-refractivity contribution in [3.8, 4) is 0 Å². The van der Waals surface area contributed by atoms with Crippen molar-refractivity contribution >= 4 is 71.9 Å². The maximum absolute atomic E-state index is 13.3. The Bertz CT molecular complexity index is 1470. The molecule has 0 atom stereocenters. The molecule has 3 aromatic carbocycles. The van der Waals surface area contributed by atoms with Crippen LogP contribution in [0.4, 0.5) is 11.4 Å². The summed E-state index contributed by atoms with van der Waals surface area (Å²) in [6, 6.07) is 18.1. The number of aryl methyl sites for hydroxylation is 3. The Balaban J connectivity index is 1.65. The van der Waals surface area contributed by atoms with Gasteiger partial charge in [-0.05, 0) is 79.9 Å². The van der Waals surface area contributed by atoms with Crippen molar-refractivity contribution in [3.63, 3.8) is 0 Å². The van der Waals surface area contributed by atoms with Crippen LogP contribution in [0.2, 0.25) is 0 Å². The van der Waals surface area contributed by atoms with Gasteiger partial charge in [-0.3, -0.25) is 19.8 Å². The average Bonchev–Trinajstić information content (AvgIpc) is 3.15. The number of carbonyl (C=O) groups is 3. The molecular weight excluding hydrogens is 576 g/mol. The van der Waals surface area contributed by atoms with E-state index in [1.165, 1.54) is 4.68 Å². The second-order valence-corrected chi connectivity index (χ2v) is 9.97. The van der Waals surface area contributed by atoms with E-state index < -0.39 is 17.7 Å². The molecule has 35 heavy (non-hydrogen) atoms. The first-order valence-corrected chi connectivity index (χ1v) is 12.3. The molecule has 3 N–H and O–H groups in total. The lowest BCUT2D eigenvalue weighted by molar-refractivity contribution is -0.133. The van der Waals surface area contributed by atoms with E-state index in [0.29, 0.717) is 22.3 Å². The summed E-state index contributed by atoms with van der Waals surface area (Å²) in [5.41, 5.74) is 7.09. The first kappa shape index (κ1) is 24.7. The summed E-state index contributed by atoms with van der Waals surface area (Å²) in [6.07, 6.45) is 0. The summed E-state index contributed by atoms with van der Waals surface area (Å²) in [5, 5.41) is 6.27. The summed E-state index contributed by atoms with van der Waals surface area (Å²) in [5.74, 6) is -2.17. The summed E-state index contributed by atoms with van der Waals surface area (Å²) in [4.78, 5) is 38.9. The number of aromatic nitrogens is 1. The Morgan fingerprint density at radius 3 is 2.09 bits per heavy atom. The molecule has 0 saturated carbocycles. The normalized spacial score (nSPS) is 10.8. The van der Waals surface area contributed by atoms with E-state index in [1.54, 1.807) is 24.3 Å². The molecule has 178 valence electrons. The Labute approximate surface area is 219 Å². The third kappa shape index (κ3) is 5.31. The third-order valence-electron chi connectivity index (χ3n) is 5.57. The van der Waals surface area contributed by atoms with Gasteiger partial charge in [-0.1, -0.05) is 50.1 Å². The molecule has 1 heterocycles. The highest BCUT2D eigenvalue weighted by Gasteiger charge is 2.22. The van der Waals surface area contributed by atoms with Crippen LogP contribution in [0.5, 0.6) is 0 Å². The molecule has 3 amide bonds. The molecule has 0 aliphatic heterocycles. The second kappa shape index (κ2) is 10.1. The highest BCUT2D eigenvalue weighted by Crippen LogP contribution is 2.25. The van der Waals surface area contributed by atoms with Crippen molar-refractivity contribution in [3.05, 3.63) is 92.0 Å². The Morgan fingerprint density at radius 1 is 0.743 bits per heavy atom. The molecule has 0 aliphatic carbocycles. The lowest BCUT2D eigenvalue weighted by atomic mass is 10.1. The molecule has 0 saturated heterocycles. The maximum Gasteiger partial charge on any atom is 0.328 e. The molecule has 0 unspecified atom stereocenters. The lowest BCUT2D eigenvalue weighted by Gasteiger charge is -2.15. The quantitative estimate of drug-likeness (QED) is 0.250. The standard InChI is InChI=1S/C26H22Br2N4O3/c1-14-5-4-6-15(2)23(14)30-25(34)26(35)31-32-21-10-8-19(28)12-17(21)13-22(32)24(33)29-20-9-7-18(27)11-16(20)3/h4-13H,1-3H3,(H,29,33)(H,30,34)(H,31,35). The van der Waals surface area contributed by atoms with E-state index in [-0.39, 0.29) is 5.69 Å². The zero-order valence-corrected chi connectivity index (χ0v) is 22.4. The first-order valence-electron chi connectivity index (χ1n) is 10.7. The number of anilines is 2. The molecule has 1 aromatic heterocycles. The highest BCUT2D eigenvalue weighted by molar-refractivity contribution is 9.10. The van der Waals surface area contributed by atoms with Crippen LogP contribution in [0.25, 0.3) is 10.9 Å². The van der Waals surface area contributed by atoms with Gasteiger partial charge >= 0.3 is 11.8 Å². The summed E-state index contributed by atoms with van der Waals surface area (Å²) < 4.78 is 3.05. The minimum absolute atomic E-state index is 0.175. The number of hydrogen-bond acceptors (Lipinski definition) is 3. The summed E-state index contributed by atoms with van der Waals surface area (Å²) in [7, 11) is 0. The fourth-order valence-corrected chi connectivity index (χ4v) is 4.62. The fraction of sp³-hybridized carbons (Fsp3) is 0.115. The molecule has 0 fully saturated rings. The number of nitrogens with zero attached hydrogens (tertiary/aromatic N) is 1. The number of carbonyl (C=O) groups excluding carboxylic acids is 3. The van der Waals surface area contributed by atoms with Crippen molar-refractivity contribution in [1.82, 2.24) is 4.68 Å². The molecular formula is C26H22Br2N4O3. The van der Waals surface area contributed by atoms with Crippen molar-refractivity contribution in [2.45, 2.75) is 20.8 Å². The molecule has 0 aliphatic rings. The van der Waals surface area contributed by atoms with E-state index in [1.807, 2.05) is 57.2 Å². The van der Waals surface area contributed by atoms with Crippen molar-refractivity contribution in [2.24, 2.45) is 0 Å². The smallest absolute Gasteiger partial charge is 0.320 e. The summed E-state index contributed by atoms with van der Waals surface area (Å²) in [6.45, 7) is 5.58. The monoisotopic (exact) mass is 596 g/mol. The van der Waals surface area contributed by atoms with Crippen molar-refractivity contribution in [2.75, 3.05) is 16.1 Å². The largest absolute Gasteiger partial charge is 0.328 e. The van der Waals surface area contributed by atoms with E-state index >= 15 is 0 Å². The van der Waals surface area contributed by atoms with Gasteiger partial charge in [-0.25, -0.2) is 4.68 Å². The Kier molecular flexibility index (Phi) is 7.09. The van der Waals surface area contributed by atoms with Crippen LogP contribution in [0.3, 0.4) is 0 Å². The molecule has 0 radical (unpaired) electrons. The Morgan fingerprint density at radius 2 is 1.40 bits per heavy atom. The lowest BCUT2D eigenvalue weighted by Crippen LogP contribution is -2.36. The molecule has 7 nitrogen and oxygen atoms in total. The predicted octanol–water partition coefficient (Wildman–Crippen LogP) is 6.05. The Hall–Kier alpha value is -3.43. The zero-order valence-electron chi connectivity index (χ0n) is 19.2. The molecule has 0 bridgehead atoms. The second-order valence-electron chi connectivity index (χ2n) is 8.14. The van der Waals surface area contributed by atoms with Gasteiger partial charge in [0.15, 0.2) is 0 Å². The van der Waals surface area contributed by atoms with E-state index in [4.69, 9.17) is 0 Å². The van der Waals surface area contributed by atoms with Crippen LogP contribution in [-0.4, -0.2) is 22.4 Å². The van der Waals surface area contributed by atoms with Gasteiger partial charge in [0.05, 0.1) is 5.52 Å². The molecule has 4 rings (SSSR count).